The van der Waals surface area contributed by atoms with E-state index in [1.807, 2.05) is 43.9 Å². The first kappa shape index (κ1) is 21.4. The average molecular weight is 440 g/mol. The maximum Gasteiger partial charge on any atom is 0.264 e. The molecule has 1 aliphatic rings. The molecule has 7 nitrogen and oxygen atoms in total. The summed E-state index contributed by atoms with van der Waals surface area (Å²) >= 11 is 1.48. The van der Waals surface area contributed by atoms with Gasteiger partial charge in [0, 0.05) is 39.3 Å². The second-order valence-corrected chi connectivity index (χ2v) is 8.56. The average Bonchev–Trinajstić information content (AvgIpc) is 3.16. The van der Waals surface area contributed by atoms with E-state index in [0.717, 1.165) is 64.1 Å². The number of piperazine rings is 1. The van der Waals surface area contributed by atoms with Gasteiger partial charge in [0.1, 0.15) is 22.7 Å². The van der Waals surface area contributed by atoms with Gasteiger partial charge in [0.05, 0.1) is 23.1 Å². The number of hydrogen-bond acceptors (Lipinski definition) is 7. The first-order valence-corrected chi connectivity index (χ1v) is 11.6. The first-order chi connectivity index (χ1) is 15.1. The molecular formula is C23H29N5O2S. The number of amides is 1. The summed E-state index contributed by atoms with van der Waals surface area (Å²) in [7, 11) is 1.71. The van der Waals surface area contributed by atoms with Crippen LogP contribution in [0.15, 0.2) is 30.6 Å². The summed E-state index contributed by atoms with van der Waals surface area (Å²) < 4.78 is 5.54. The van der Waals surface area contributed by atoms with Crippen LogP contribution in [0, 0.1) is 6.92 Å². The number of benzene rings is 1. The molecule has 1 saturated heterocycles. The van der Waals surface area contributed by atoms with Gasteiger partial charge < -0.3 is 19.4 Å². The molecule has 0 spiro atoms. The van der Waals surface area contributed by atoms with Crippen LogP contribution in [-0.4, -0.2) is 67.2 Å². The standard InChI is InChI=1S/C23H29N5O2S/c1-5-26(6-2)23(29)20-16(3)19-21(24-15-25-22(19)31-20)28-13-11-27(12-14-28)17-9-7-8-10-18(17)30-4/h7-10,15H,5-6,11-14H2,1-4H3. The molecule has 0 bridgehead atoms. The van der Waals surface area contributed by atoms with E-state index in [0.29, 0.717) is 13.1 Å². The van der Waals surface area contributed by atoms with Crippen molar-refractivity contribution in [3.05, 3.63) is 41.0 Å². The Morgan fingerprint density at radius 1 is 1.10 bits per heavy atom. The predicted octanol–water partition coefficient (Wildman–Crippen LogP) is 3.82. The van der Waals surface area contributed by atoms with Crippen molar-refractivity contribution >= 4 is 39.0 Å². The molecule has 2 aromatic heterocycles. The number of thiophene rings is 1. The summed E-state index contributed by atoms with van der Waals surface area (Å²) in [6, 6.07) is 8.14. The van der Waals surface area contributed by atoms with E-state index in [1.54, 1.807) is 13.4 Å². The minimum Gasteiger partial charge on any atom is -0.495 e. The minimum atomic E-state index is 0.0810. The molecule has 1 aliphatic heterocycles. The molecule has 1 amide bonds. The van der Waals surface area contributed by atoms with Crippen molar-refractivity contribution in [2.75, 3.05) is 56.2 Å². The molecule has 31 heavy (non-hydrogen) atoms. The number of aryl methyl sites for hydroxylation is 1. The first-order valence-electron chi connectivity index (χ1n) is 10.7. The van der Waals surface area contributed by atoms with Gasteiger partial charge in [-0.2, -0.15) is 0 Å². The van der Waals surface area contributed by atoms with Gasteiger partial charge in [-0.3, -0.25) is 4.79 Å². The van der Waals surface area contributed by atoms with Crippen molar-refractivity contribution in [2.24, 2.45) is 0 Å². The van der Waals surface area contributed by atoms with Gasteiger partial charge in [-0.1, -0.05) is 12.1 Å². The molecule has 3 aromatic rings. The molecule has 1 aromatic carbocycles. The Balaban J connectivity index is 1.60. The van der Waals surface area contributed by atoms with E-state index in [9.17, 15) is 4.79 Å². The number of ether oxygens (including phenoxy) is 1. The summed E-state index contributed by atoms with van der Waals surface area (Å²) in [5.41, 5.74) is 2.11. The lowest BCUT2D eigenvalue weighted by Gasteiger charge is -2.37. The van der Waals surface area contributed by atoms with E-state index in [4.69, 9.17) is 4.74 Å². The van der Waals surface area contributed by atoms with Crippen molar-refractivity contribution < 1.29 is 9.53 Å². The summed E-state index contributed by atoms with van der Waals surface area (Å²) in [5, 5.41) is 1.01. The van der Waals surface area contributed by atoms with Crippen LogP contribution in [0.5, 0.6) is 5.75 Å². The highest BCUT2D eigenvalue weighted by Gasteiger charge is 2.26. The summed E-state index contributed by atoms with van der Waals surface area (Å²) in [6.45, 7) is 10.9. The summed E-state index contributed by atoms with van der Waals surface area (Å²) in [4.78, 5) is 30.3. The van der Waals surface area contributed by atoms with Gasteiger partial charge >= 0.3 is 0 Å². The smallest absolute Gasteiger partial charge is 0.264 e. The lowest BCUT2D eigenvalue weighted by atomic mass is 10.1. The number of para-hydroxylation sites is 2. The lowest BCUT2D eigenvalue weighted by molar-refractivity contribution is 0.0777. The van der Waals surface area contributed by atoms with E-state index < -0.39 is 0 Å². The fourth-order valence-corrected chi connectivity index (χ4v) is 5.31. The topological polar surface area (TPSA) is 61.8 Å². The SMILES string of the molecule is CCN(CC)C(=O)c1sc2ncnc(N3CCN(c4ccccc4OC)CC3)c2c1C. The summed E-state index contributed by atoms with van der Waals surface area (Å²) in [6.07, 6.45) is 1.62. The number of nitrogens with zero attached hydrogens (tertiary/aromatic N) is 5. The molecular weight excluding hydrogens is 410 g/mol. The third kappa shape index (κ3) is 3.92. The zero-order valence-corrected chi connectivity index (χ0v) is 19.4. The second kappa shape index (κ2) is 9.09. The van der Waals surface area contributed by atoms with Crippen molar-refractivity contribution in [1.29, 1.82) is 0 Å². The second-order valence-electron chi connectivity index (χ2n) is 7.56. The molecule has 1 fully saturated rings. The van der Waals surface area contributed by atoms with E-state index >= 15 is 0 Å². The molecule has 0 aliphatic carbocycles. The molecule has 0 radical (unpaired) electrons. The van der Waals surface area contributed by atoms with Crippen molar-refractivity contribution in [2.45, 2.75) is 20.8 Å². The molecule has 4 rings (SSSR count). The fourth-order valence-electron chi connectivity index (χ4n) is 4.20. The molecule has 8 heteroatoms. The Kier molecular flexibility index (Phi) is 6.27. The largest absolute Gasteiger partial charge is 0.495 e. The highest BCUT2D eigenvalue weighted by molar-refractivity contribution is 7.20. The van der Waals surface area contributed by atoms with E-state index in [1.165, 1.54) is 11.3 Å². The van der Waals surface area contributed by atoms with Crippen LogP contribution in [0.1, 0.15) is 29.1 Å². The lowest BCUT2D eigenvalue weighted by Crippen LogP contribution is -2.47. The van der Waals surface area contributed by atoms with Crippen molar-refractivity contribution in [3.63, 3.8) is 0 Å². The number of methoxy groups -OCH3 is 1. The van der Waals surface area contributed by atoms with Crippen LogP contribution in [0.25, 0.3) is 10.2 Å². The maximum atomic E-state index is 13.0. The van der Waals surface area contributed by atoms with Crippen LogP contribution < -0.4 is 14.5 Å². The minimum absolute atomic E-state index is 0.0810. The normalized spacial score (nSPS) is 14.2. The monoisotopic (exact) mass is 439 g/mol. The fraction of sp³-hybridized carbons (Fsp3) is 0.435. The van der Waals surface area contributed by atoms with Gasteiger partial charge in [-0.05, 0) is 38.5 Å². The van der Waals surface area contributed by atoms with Crippen molar-refractivity contribution in [3.8, 4) is 5.75 Å². The van der Waals surface area contributed by atoms with Gasteiger partial charge in [-0.25, -0.2) is 9.97 Å². The van der Waals surface area contributed by atoms with Crippen LogP contribution in [0.4, 0.5) is 11.5 Å². The van der Waals surface area contributed by atoms with Gasteiger partial charge in [0.2, 0.25) is 0 Å². The quantitative estimate of drug-likeness (QED) is 0.582. The Hall–Kier alpha value is -2.87. The van der Waals surface area contributed by atoms with Gasteiger partial charge in [0.15, 0.2) is 0 Å². The number of anilines is 2. The zero-order chi connectivity index (χ0) is 22.0. The molecule has 164 valence electrons. The highest BCUT2D eigenvalue weighted by atomic mass is 32.1. The van der Waals surface area contributed by atoms with Crippen molar-refractivity contribution in [1.82, 2.24) is 14.9 Å². The summed E-state index contributed by atoms with van der Waals surface area (Å²) in [5.74, 6) is 1.91. The number of hydrogen-bond donors (Lipinski definition) is 0. The molecule has 0 unspecified atom stereocenters. The van der Waals surface area contributed by atoms with Crippen LogP contribution >= 0.6 is 11.3 Å². The van der Waals surface area contributed by atoms with E-state index in [2.05, 4.69) is 25.8 Å². The number of aromatic nitrogens is 2. The number of rotatable bonds is 6. The molecule has 0 saturated carbocycles. The molecule has 0 atom stereocenters. The van der Waals surface area contributed by atoms with Crippen LogP contribution in [0.3, 0.4) is 0 Å². The van der Waals surface area contributed by atoms with Crippen LogP contribution in [-0.2, 0) is 0 Å². The highest BCUT2D eigenvalue weighted by Crippen LogP contribution is 2.36. The molecule has 0 N–H and O–H groups in total. The Labute approximate surface area is 187 Å². The zero-order valence-electron chi connectivity index (χ0n) is 18.6. The van der Waals surface area contributed by atoms with Gasteiger partial charge in [-0.15, -0.1) is 11.3 Å². The van der Waals surface area contributed by atoms with E-state index in [-0.39, 0.29) is 5.91 Å². The number of fused-ring (bicyclic) bond motifs is 1. The third-order valence-corrected chi connectivity index (χ3v) is 7.14. The predicted molar refractivity (Wildman–Crippen MR) is 127 cm³/mol. The van der Waals surface area contributed by atoms with Gasteiger partial charge in [0.25, 0.3) is 5.91 Å². The van der Waals surface area contributed by atoms with Crippen LogP contribution in [0.2, 0.25) is 0 Å². The Morgan fingerprint density at radius 3 is 2.45 bits per heavy atom. The third-order valence-electron chi connectivity index (χ3n) is 5.96. The Bertz CT molecular complexity index is 1070. The number of carbonyl (C=O) groups is 1. The molecule has 3 heterocycles. The number of carbonyl (C=O) groups excluding carboxylic acids is 1. The maximum absolute atomic E-state index is 13.0. The Morgan fingerprint density at radius 2 is 1.77 bits per heavy atom.